The fraction of sp³-hybridized carbons (Fsp3) is 0.412. The lowest BCUT2D eigenvalue weighted by Crippen LogP contribution is -2.28. The number of hydrogen-bond acceptors (Lipinski definition) is 6. The van der Waals surface area contributed by atoms with Crippen LogP contribution in [-0.4, -0.2) is 34.3 Å². The Labute approximate surface area is 155 Å². The Kier molecular flexibility index (Phi) is 5.70. The highest BCUT2D eigenvalue weighted by atomic mass is 32.2. The van der Waals surface area contributed by atoms with Crippen LogP contribution in [0.2, 0.25) is 0 Å². The molecule has 25 heavy (non-hydrogen) atoms. The number of aryl methyl sites for hydroxylation is 1. The fourth-order valence-corrected chi connectivity index (χ4v) is 4.38. The molecular weight excluding hydrogens is 356 g/mol. The van der Waals surface area contributed by atoms with Crippen LogP contribution >= 0.6 is 23.1 Å². The molecule has 132 valence electrons. The van der Waals surface area contributed by atoms with Crippen molar-refractivity contribution in [3.63, 3.8) is 0 Å². The summed E-state index contributed by atoms with van der Waals surface area (Å²) in [5.41, 5.74) is 1.90. The van der Waals surface area contributed by atoms with E-state index in [1.165, 1.54) is 11.3 Å². The van der Waals surface area contributed by atoms with Gasteiger partial charge in [-0.05, 0) is 25.0 Å². The van der Waals surface area contributed by atoms with E-state index in [2.05, 4.69) is 22.4 Å². The van der Waals surface area contributed by atoms with Gasteiger partial charge in [-0.25, -0.2) is 0 Å². The fourth-order valence-electron chi connectivity index (χ4n) is 2.70. The van der Waals surface area contributed by atoms with E-state index in [0.29, 0.717) is 11.7 Å². The lowest BCUT2D eigenvalue weighted by Gasteiger charge is -2.18. The van der Waals surface area contributed by atoms with Crippen molar-refractivity contribution in [2.24, 2.45) is 5.92 Å². The van der Waals surface area contributed by atoms with Gasteiger partial charge in [0.1, 0.15) is 0 Å². The van der Waals surface area contributed by atoms with Crippen LogP contribution < -0.4 is 10.2 Å². The normalized spacial score (nSPS) is 17.1. The first-order valence-electron chi connectivity index (χ1n) is 8.21. The number of nitrogens with zero attached hydrogens (tertiary/aromatic N) is 3. The highest BCUT2D eigenvalue weighted by molar-refractivity contribution is 8.01. The maximum atomic E-state index is 12.5. The first-order chi connectivity index (χ1) is 12.1. The van der Waals surface area contributed by atoms with E-state index in [4.69, 9.17) is 0 Å². The molecule has 0 unspecified atom stereocenters. The molecule has 1 aromatic heterocycles. The molecule has 0 bridgehead atoms. The summed E-state index contributed by atoms with van der Waals surface area (Å²) in [5, 5.41) is 11.4. The molecule has 0 saturated carbocycles. The molecule has 1 aromatic carbocycles. The van der Waals surface area contributed by atoms with Gasteiger partial charge in [-0.15, -0.1) is 10.2 Å². The zero-order valence-corrected chi connectivity index (χ0v) is 15.8. The minimum absolute atomic E-state index is 0.0223. The molecule has 1 fully saturated rings. The number of nitrogens with one attached hydrogen (secondary N) is 1. The molecular formula is C17H20N4O2S2. The third-order valence-electron chi connectivity index (χ3n) is 3.97. The van der Waals surface area contributed by atoms with Gasteiger partial charge in [-0.1, -0.05) is 48.2 Å². The maximum absolute atomic E-state index is 12.5. The molecule has 0 spiro atoms. The Morgan fingerprint density at radius 1 is 1.40 bits per heavy atom. The van der Waals surface area contributed by atoms with Crippen molar-refractivity contribution in [1.29, 1.82) is 0 Å². The van der Waals surface area contributed by atoms with Crippen LogP contribution in [0.3, 0.4) is 0 Å². The summed E-state index contributed by atoms with van der Waals surface area (Å²) in [4.78, 5) is 26.5. The van der Waals surface area contributed by atoms with E-state index < -0.39 is 0 Å². The van der Waals surface area contributed by atoms with Gasteiger partial charge in [0.2, 0.25) is 16.9 Å². The average molecular weight is 377 g/mol. The van der Waals surface area contributed by atoms with Crippen LogP contribution in [0.1, 0.15) is 25.3 Å². The first-order valence-corrected chi connectivity index (χ1v) is 10.0. The van der Waals surface area contributed by atoms with Gasteiger partial charge in [0.25, 0.3) is 0 Å². The van der Waals surface area contributed by atoms with Crippen LogP contribution in [0.4, 0.5) is 10.8 Å². The zero-order chi connectivity index (χ0) is 17.8. The molecule has 8 heteroatoms. The maximum Gasteiger partial charge on any atom is 0.231 e. The number of benzene rings is 1. The van der Waals surface area contributed by atoms with Crippen LogP contribution in [0.15, 0.2) is 28.6 Å². The van der Waals surface area contributed by atoms with E-state index in [0.717, 1.165) is 27.8 Å². The van der Waals surface area contributed by atoms with Gasteiger partial charge in [0.15, 0.2) is 4.34 Å². The van der Waals surface area contributed by atoms with Gasteiger partial charge in [-0.2, -0.15) is 0 Å². The molecule has 1 aliphatic rings. The predicted octanol–water partition coefficient (Wildman–Crippen LogP) is 3.34. The molecule has 1 aliphatic heterocycles. The molecule has 3 rings (SSSR count). The van der Waals surface area contributed by atoms with Crippen LogP contribution in [0, 0.1) is 12.8 Å². The second-order valence-corrected chi connectivity index (χ2v) is 8.22. The Morgan fingerprint density at radius 3 is 2.96 bits per heavy atom. The van der Waals surface area contributed by atoms with E-state index in [1.54, 1.807) is 16.7 Å². The second kappa shape index (κ2) is 7.97. The monoisotopic (exact) mass is 376 g/mol. The summed E-state index contributed by atoms with van der Waals surface area (Å²) in [6.45, 7) is 4.46. The van der Waals surface area contributed by atoms with Crippen LogP contribution in [0.25, 0.3) is 0 Å². The quantitative estimate of drug-likeness (QED) is 0.618. The van der Waals surface area contributed by atoms with Crippen molar-refractivity contribution >= 4 is 45.7 Å². The van der Waals surface area contributed by atoms with Gasteiger partial charge >= 0.3 is 0 Å². The standard InChI is InChI=1S/C17H20N4O2S2/c1-3-8-24-17-20-19-16(25-17)18-15(23)12-9-14(22)21(10-12)13-7-5-4-6-11(13)2/h4-7,12H,3,8-10H2,1-2H3,(H,18,19,23)/t12-/m1/s1. The van der Waals surface area contributed by atoms with Gasteiger partial charge < -0.3 is 10.2 Å². The number of aromatic nitrogens is 2. The third-order valence-corrected chi connectivity index (χ3v) is 6.15. The Bertz CT molecular complexity index is 778. The number of carbonyl (C=O) groups is 2. The molecule has 1 atom stereocenters. The zero-order valence-electron chi connectivity index (χ0n) is 14.2. The van der Waals surface area contributed by atoms with Crippen molar-refractivity contribution in [3.8, 4) is 0 Å². The van der Waals surface area contributed by atoms with Crippen molar-refractivity contribution in [3.05, 3.63) is 29.8 Å². The lowest BCUT2D eigenvalue weighted by molar-refractivity contribution is -0.122. The molecule has 0 radical (unpaired) electrons. The summed E-state index contributed by atoms with van der Waals surface area (Å²) in [7, 11) is 0. The SMILES string of the molecule is CCCSc1nnc(NC(=O)[C@@H]2CC(=O)N(c3ccccc3C)C2)s1. The molecule has 1 saturated heterocycles. The van der Waals surface area contributed by atoms with Crippen molar-refractivity contribution in [2.45, 2.75) is 31.0 Å². The average Bonchev–Trinajstić information content (AvgIpc) is 3.20. The minimum Gasteiger partial charge on any atom is -0.311 e. The first kappa shape index (κ1) is 17.9. The van der Waals surface area contributed by atoms with E-state index in [1.807, 2.05) is 31.2 Å². The number of rotatable bonds is 6. The summed E-state index contributed by atoms with van der Waals surface area (Å²) in [5.74, 6) is 0.409. The van der Waals surface area contributed by atoms with Gasteiger partial charge in [0, 0.05) is 24.4 Å². The largest absolute Gasteiger partial charge is 0.311 e. The van der Waals surface area contributed by atoms with E-state index >= 15 is 0 Å². The van der Waals surface area contributed by atoms with E-state index in [-0.39, 0.29) is 24.2 Å². The molecule has 2 heterocycles. The summed E-state index contributed by atoms with van der Waals surface area (Å²) in [6.07, 6.45) is 1.28. The predicted molar refractivity (Wildman–Crippen MR) is 101 cm³/mol. The van der Waals surface area contributed by atoms with Crippen LogP contribution in [0.5, 0.6) is 0 Å². The highest BCUT2D eigenvalue weighted by Crippen LogP contribution is 2.30. The second-order valence-electron chi connectivity index (χ2n) is 5.90. The van der Waals surface area contributed by atoms with Gasteiger partial charge in [-0.3, -0.25) is 9.59 Å². The number of hydrogen-bond donors (Lipinski definition) is 1. The molecule has 2 amide bonds. The highest BCUT2D eigenvalue weighted by Gasteiger charge is 2.35. The lowest BCUT2D eigenvalue weighted by atomic mass is 10.1. The number of amides is 2. The molecule has 2 aromatic rings. The van der Waals surface area contributed by atoms with Gasteiger partial charge in [0.05, 0.1) is 5.92 Å². The Morgan fingerprint density at radius 2 is 2.20 bits per heavy atom. The number of thioether (sulfide) groups is 1. The Balaban J connectivity index is 1.63. The summed E-state index contributed by atoms with van der Waals surface area (Å²) in [6, 6.07) is 7.72. The molecule has 0 aliphatic carbocycles. The number of para-hydroxylation sites is 1. The number of carbonyl (C=O) groups excluding carboxylic acids is 2. The van der Waals surface area contributed by atoms with Crippen molar-refractivity contribution < 1.29 is 9.59 Å². The topological polar surface area (TPSA) is 75.2 Å². The molecule has 1 N–H and O–H groups in total. The van der Waals surface area contributed by atoms with Crippen LogP contribution in [-0.2, 0) is 9.59 Å². The van der Waals surface area contributed by atoms with Crippen molar-refractivity contribution in [1.82, 2.24) is 10.2 Å². The smallest absolute Gasteiger partial charge is 0.231 e. The van der Waals surface area contributed by atoms with E-state index in [9.17, 15) is 9.59 Å². The van der Waals surface area contributed by atoms with Crippen molar-refractivity contribution in [2.75, 3.05) is 22.5 Å². The molecule has 6 nitrogen and oxygen atoms in total. The summed E-state index contributed by atoms with van der Waals surface area (Å²) >= 11 is 3.00. The minimum atomic E-state index is -0.372. The Hall–Kier alpha value is -1.93. The number of anilines is 2. The third kappa shape index (κ3) is 4.19. The summed E-state index contributed by atoms with van der Waals surface area (Å²) < 4.78 is 0.848.